The molecule has 7 heteroatoms. The molecule has 0 aliphatic heterocycles. The summed E-state index contributed by atoms with van der Waals surface area (Å²) in [5.41, 5.74) is 0.0502. The molecule has 0 aromatic carbocycles. The van der Waals surface area contributed by atoms with Gasteiger partial charge < -0.3 is 5.11 Å². The van der Waals surface area contributed by atoms with Crippen LogP contribution >= 0.6 is 27.3 Å². The van der Waals surface area contributed by atoms with Crippen molar-refractivity contribution in [2.75, 3.05) is 5.33 Å². The highest BCUT2D eigenvalue weighted by Gasteiger charge is 2.35. The van der Waals surface area contributed by atoms with E-state index in [4.69, 9.17) is 5.11 Å². The largest absolute Gasteiger partial charge is 0.443 e. The van der Waals surface area contributed by atoms with E-state index in [0.717, 1.165) is 0 Å². The Kier molecular flexibility index (Phi) is 3.31. The molecule has 1 unspecified atom stereocenters. The van der Waals surface area contributed by atoms with E-state index in [1.165, 1.54) is 5.38 Å². The Hall–Kier alpha value is -0.140. The highest BCUT2D eigenvalue weighted by molar-refractivity contribution is 9.09. The Morgan fingerprint density at radius 3 is 2.62 bits per heavy atom. The molecular weight excluding hydrogens is 271 g/mol. The van der Waals surface area contributed by atoms with Crippen molar-refractivity contribution in [2.45, 2.75) is 12.3 Å². The molecule has 0 amide bonds. The van der Waals surface area contributed by atoms with Crippen LogP contribution < -0.4 is 0 Å². The molecule has 1 rings (SSSR count). The van der Waals surface area contributed by atoms with E-state index in [2.05, 4.69) is 20.9 Å². The van der Waals surface area contributed by atoms with Gasteiger partial charge in [0.15, 0.2) is 5.01 Å². The van der Waals surface area contributed by atoms with Gasteiger partial charge in [0.1, 0.15) is 6.10 Å². The van der Waals surface area contributed by atoms with E-state index in [9.17, 15) is 13.2 Å². The van der Waals surface area contributed by atoms with Crippen LogP contribution in [0.5, 0.6) is 0 Å². The molecule has 0 fully saturated rings. The average Bonchev–Trinajstić information content (AvgIpc) is 2.50. The molecular formula is C6H5BrF3NOS. The van der Waals surface area contributed by atoms with Crippen LogP contribution in [0.4, 0.5) is 13.2 Å². The van der Waals surface area contributed by atoms with Gasteiger partial charge in [-0.15, -0.1) is 11.3 Å². The maximum Gasteiger partial charge on any atom is 0.443 e. The zero-order valence-corrected chi connectivity index (χ0v) is 8.58. The number of hydrogen-bond donors (Lipinski definition) is 1. The van der Waals surface area contributed by atoms with Gasteiger partial charge in [-0.2, -0.15) is 13.2 Å². The number of hydrogen-bond acceptors (Lipinski definition) is 3. The first-order valence-corrected chi connectivity index (χ1v) is 5.22. The minimum Gasteiger partial charge on any atom is -0.386 e. The second kappa shape index (κ2) is 3.93. The van der Waals surface area contributed by atoms with Gasteiger partial charge in [0.25, 0.3) is 0 Å². The summed E-state index contributed by atoms with van der Waals surface area (Å²) >= 11 is 3.43. The Bertz CT molecular complexity index is 288. The average molecular weight is 276 g/mol. The van der Waals surface area contributed by atoms with Crippen molar-refractivity contribution < 1.29 is 18.3 Å². The second-order valence-corrected chi connectivity index (χ2v) is 3.75. The van der Waals surface area contributed by atoms with Crippen LogP contribution in [-0.4, -0.2) is 15.4 Å². The van der Waals surface area contributed by atoms with E-state index in [-0.39, 0.29) is 11.0 Å². The van der Waals surface area contributed by atoms with Crippen LogP contribution in [-0.2, 0) is 6.18 Å². The lowest BCUT2D eigenvalue weighted by atomic mass is 10.3. The number of nitrogens with zero attached hydrogens (tertiary/aromatic N) is 1. The van der Waals surface area contributed by atoms with Crippen LogP contribution in [0.1, 0.15) is 16.8 Å². The van der Waals surface area contributed by atoms with E-state index >= 15 is 0 Å². The Balaban J connectivity index is 2.87. The first kappa shape index (κ1) is 10.9. The summed E-state index contributed by atoms with van der Waals surface area (Å²) in [5, 5.41) is 9.59. The molecule has 74 valence electrons. The fourth-order valence-electron chi connectivity index (χ4n) is 0.648. The van der Waals surface area contributed by atoms with E-state index < -0.39 is 17.3 Å². The fraction of sp³-hybridized carbons (Fsp3) is 0.500. The van der Waals surface area contributed by atoms with Crippen molar-refractivity contribution in [1.29, 1.82) is 0 Å². The first-order valence-electron chi connectivity index (χ1n) is 3.22. The molecule has 1 aromatic rings. The number of aromatic nitrogens is 1. The van der Waals surface area contributed by atoms with Crippen LogP contribution in [0.3, 0.4) is 0 Å². The molecule has 13 heavy (non-hydrogen) atoms. The van der Waals surface area contributed by atoms with Gasteiger partial charge in [0, 0.05) is 10.7 Å². The quantitative estimate of drug-likeness (QED) is 0.842. The number of aliphatic hydroxyl groups excluding tert-OH is 1. The molecule has 0 saturated carbocycles. The van der Waals surface area contributed by atoms with Crippen LogP contribution in [0.15, 0.2) is 5.38 Å². The lowest BCUT2D eigenvalue weighted by Crippen LogP contribution is -2.06. The predicted molar refractivity (Wildman–Crippen MR) is 45.9 cm³/mol. The number of rotatable bonds is 2. The van der Waals surface area contributed by atoms with E-state index in [1.807, 2.05) is 0 Å². The Morgan fingerprint density at radius 2 is 2.23 bits per heavy atom. The monoisotopic (exact) mass is 275 g/mol. The molecule has 0 radical (unpaired) electrons. The van der Waals surface area contributed by atoms with Crippen LogP contribution in [0.2, 0.25) is 0 Å². The Morgan fingerprint density at radius 1 is 1.62 bits per heavy atom. The van der Waals surface area contributed by atoms with Crippen molar-refractivity contribution in [2.24, 2.45) is 0 Å². The molecule has 1 heterocycles. The van der Waals surface area contributed by atoms with Gasteiger partial charge in [0.2, 0.25) is 0 Å². The van der Waals surface area contributed by atoms with Crippen LogP contribution in [0, 0.1) is 0 Å². The van der Waals surface area contributed by atoms with Gasteiger partial charge in [-0.3, -0.25) is 0 Å². The van der Waals surface area contributed by atoms with E-state index in [0.29, 0.717) is 11.3 Å². The van der Waals surface area contributed by atoms with Crippen molar-refractivity contribution in [3.8, 4) is 0 Å². The summed E-state index contributed by atoms with van der Waals surface area (Å²) in [7, 11) is 0. The zero-order chi connectivity index (χ0) is 10.1. The molecule has 1 atom stereocenters. The van der Waals surface area contributed by atoms with Gasteiger partial charge in [0.05, 0.1) is 5.69 Å². The summed E-state index contributed by atoms with van der Waals surface area (Å²) in [5.74, 6) is 0. The van der Waals surface area contributed by atoms with Gasteiger partial charge in [-0.25, -0.2) is 4.98 Å². The highest BCUT2D eigenvalue weighted by Crippen LogP contribution is 2.32. The molecule has 0 aliphatic carbocycles. The molecule has 1 N–H and O–H groups in total. The highest BCUT2D eigenvalue weighted by atomic mass is 79.9. The van der Waals surface area contributed by atoms with Crippen molar-refractivity contribution in [1.82, 2.24) is 4.98 Å². The topological polar surface area (TPSA) is 33.1 Å². The lowest BCUT2D eigenvalue weighted by Gasteiger charge is -2.02. The SMILES string of the molecule is OC(CBr)c1csc(C(F)(F)F)n1. The normalized spacial score (nSPS) is 14.5. The maximum absolute atomic E-state index is 12.0. The third-order valence-corrected chi connectivity index (χ3v) is 2.77. The van der Waals surface area contributed by atoms with Gasteiger partial charge in [-0.05, 0) is 0 Å². The molecule has 2 nitrogen and oxygen atoms in total. The number of aliphatic hydroxyl groups is 1. The lowest BCUT2D eigenvalue weighted by molar-refractivity contribution is -0.137. The maximum atomic E-state index is 12.0. The van der Waals surface area contributed by atoms with E-state index in [1.54, 1.807) is 0 Å². The van der Waals surface area contributed by atoms with Gasteiger partial charge in [-0.1, -0.05) is 15.9 Å². The molecule has 0 aliphatic rings. The number of halogens is 4. The number of thiazole rings is 1. The molecule has 0 spiro atoms. The first-order chi connectivity index (χ1) is 5.95. The van der Waals surface area contributed by atoms with Crippen molar-refractivity contribution in [3.05, 3.63) is 16.1 Å². The fourth-order valence-corrected chi connectivity index (χ4v) is 1.71. The standard InChI is InChI=1S/C6H5BrF3NOS/c7-1-4(12)3-2-13-5(11-3)6(8,9)10/h2,4,12H,1H2. The second-order valence-electron chi connectivity index (χ2n) is 2.25. The summed E-state index contributed by atoms with van der Waals surface area (Å²) in [6, 6.07) is 0. The molecule has 1 aromatic heterocycles. The molecule has 0 saturated heterocycles. The zero-order valence-electron chi connectivity index (χ0n) is 6.18. The molecule has 0 bridgehead atoms. The smallest absolute Gasteiger partial charge is 0.386 e. The summed E-state index contributed by atoms with van der Waals surface area (Å²) in [4.78, 5) is 3.27. The minimum atomic E-state index is -4.42. The Labute approximate surface area is 84.5 Å². The summed E-state index contributed by atoms with van der Waals surface area (Å²) in [6.45, 7) is 0. The third kappa shape index (κ3) is 2.65. The van der Waals surface area contributed by atoms with Gasteiger partial charge >= 0.3 is 6.18 Å². The predicted octanol–water partition coefficient (Wildman–Crippen LogP) is 2.59. The van der Waals surface area contributed by atoms with Crippen molar-refractivity contribution in [3.63, 3.8) is 0 Å². The van der Waals surface area contributed by atoms with Crippen LogP contribution in [0.25, 0.3) is 0 Å². The summed E-state index contributed by atoms with van der Waals surface area (Å²) in [6.07, 6.45) is -5.40. The van der Waals surface area contributed by atoms with Crippen molar-refractivity contribution >= 4 is 27.3 Å². The number of alkyl halides is 4. The summed E-state index contributed by atoms with van der Waals surface area (Å²) < 4.78 is 36.1. The third-order valence-electron chi connectivity index (χ3n) is 1.25. The minimum absolute atomic E-state index is 0.0502.